The van der Waals surface area contributed by atoms with Crippen molar-refractivity contribution in [3.8, 4) is 6.07 Å². The Morgan fingerprint density at radius 1 is 1.13 bits per heavy atom. The van der Waals surface area contributed by atoms with Gasteiger partial charge in [-0.15, -0.1) is 0 Å². The number of rotatable bonds is 7. The fraction of sp³-hybridized carbons (Fsp3) is 0.526. The highest BCUT2D eigenvalue weighted by atomic mass is 16.6. The summed E-state index contributed by atoms with van der Waals surface area (Å²) < 4.78 is 5.47. The van der Waals surface area contributed by atoms with Gasteiger partial charge in [-0.2, -0.15) is 5.26 Å². The summed E-state index contributed by atoms with van der Waals surface area (Å²) in [5, 5.41) is 9.78. The number of Topliss-reactive ketones (excluding diaryl/α,β-unsaturated/α-hetero) is 1. The van der Waals surface area contributed by atoms with Crippen molar-refractivity contribution in [3.05, 3.63) is 35.9 Å². The fourth-order valence-electron chi connectivity index (χ4n) is 2.35. The van der Waals surface area contributed by atoms with Gasteiger partial charge in [-0.05, 0) is 39.2 Å². The molecule has 0 aliphatic rings. The quantitative estimate of drug-likeness (QED) is 0.715. The lowest BCUT2D eigenvalue weighted by Crippen LogP contribution is -2.40. The number of carbonyl (C=O) groups excluding carboxylic acids is 2. The van der Waals surface area contributed by atoms with Crippen LogP contribution in [0.2, 0.25) is 0 Å². The molecule has 0 amide bonds. The summed E-state index contributed by atoms with van der Waals surface area (Å²) in [5.74, 6) is -0.533. The summed E-state index contributed by atoms with van der Waals surface area (Å²) in [7, 11) is 0. The zero-order chi connectivity index (χ0) is 17.5. The molecule has 0 bridgehead atoms. The molecule has 0 N–H and O–H groups in total. The van der Waals surface area contributed by atoms with Gasteiger partial charge < -0.3 is 4.74 Å². The van der Waals surface area contributed by atoms with Gasteiger partial charge in [-0.1, -0.05) is 37.3 Å². The molecule has 1 rings (SSSR count). The average Bonchev–Trinajstić information content (AvgIpc) is 2.48. The van der Waals surface area contributed by atoms with Crippen LogP contribution in [0.25, 0.3) is 0 Å². The molecule has 0 aliphatic carbocycles. The number of esters is 1. The van der Waals surface area contributed by atoms with Crippen molar-refractivity contribution in [2.75, 3.05) is 0 Å². The molecular formula is C19H25NO3. The highest BCUT2D eigenvalue weighted by molar-refractivity contribution is 5.88. The first kappa shape index (κ1) is 18.9. The maximum Gasteiger partial charge on any atom is 0.331 e. The first-order valence-electron chi connectivity index (χ1n) is 7.97. The summed E-state index contributed by atoms with van der Waals surface area (Å²) in [5.41, 5.74) is -1.57. The average molecular weight is 315 g/mol. The van der Waals surface area contributed by atoms with Crippen LogP contribution in [0.3, 0.4) is 0 Å². The van der Waals surface area contributed by atoms with E-state index in [1.54, 1.807) is 45.0 Å². The van der Waals surface area contributed by atoms with E-state index in [0.717, 1.165) is 6.42 Å². The second kappa shape index (κ2) is 7.92. The number of ketones is 1. The lowest BCUT2D eigenvalue weighted by atomic mass is 9.77. The van der Waals surface area contributed by atoms with Crippen LogP contribution in [0.5, 0.6) is 0 Å². The van der Waals surface area contributed by atoms with Crippen LogP contribution in [0.1, 0.15) is 58.9 Å². The van der Waals surface area contributed by atoms with Crippen LogP contribution in [0, 0.1) is 11.3 Å². The third kappa shape index (κ3) is 5.21. The Labute approximate surface area is 138 Å². The molecule has 0 saturated carbocycles. The maximum absolute atomic E-state index is 12.7. The summed E-state index contributed by atoms with van der Waals surface area (Å²) >= 11 is 0. The summed E-state index contributed by atoms with van der Waals surface area (Å²) in [6, 6.07) is 11.0. The predicted octanol–water partition coefficient (Wildman–Crippen LogP) is 3.94. The summed E-state index contributed by atoms with van der Waals surface area (Å²) in [6.07, 6.45) is 1.55. The first-order valence-corrected chi connectivity index (χ1v) is 7.97. The molecule has 1 aromatic rings. The largest absolute Gasteiger partial charge is 0.459 e. The van der Waals surface area contributed by atoms with E-state index in [1.165, 1.54) is 0 Å². The molecule has 0 unspecified atom stereocenters. The fourth-order valence-corrected chi connectivity index (χ4v) is 2.35. The third-order valence-corrected chi connectivity index (χ3v) is 3.51. The number of hydrogen-bond donors (Lipinski definition) is 0. The van der Waals surface area contributed by atoms with Gasteiger partial charge in [-0.3, -0.25) is 4.79 Å². The van der Waals surface area contributed by atoms with Crippen LogP contribution < -0.4 is 0 Å². The van der Waals surface area contributed by atoms with Gasteiger partial charge in [0.05, 0.1) is 6.07 Å². The van der Waals surface area contributed by atoms with E-state index < -0.39 is 17.0 Å². The second-order valence-electron chi connectivity index (χ2n) is 6.67. The SMILES string of the molecule is CCCC(=O)CC[C@@](C#N)(C(=O)OC(C)(C)C)c1ccccc1. The molecule has 1 aromatic carbocycles. The molecule has 4 nitrogen and oxygen atoms in total. The molecule has 0 radical (unpaired) electrons. The number of hydrogen-bond acceptors (Lipinski definition) is 4. The zero-order valence-corrected chi connectivity index (χ0v) is 14.4. The topological polar surface area (TPSA) is 67.2 Å². The Morgan fingerprint density at radius 2 is 1.74 bits per heavy atom. The van der Waals surface area contributed by atoms with Gasteiger partial charge >= 0.3 is 5.97 Å². The molecule has 0 aliphatic heterocycles. The highest BCUT2D eigenvalue weighted by Gasteiger charge is 2.44. The van der Waals surface area contributed by atoms with E-state index in [4.69, 9.17) is 4.74 Å². The Balaban J connectivity index is 3.16. The Bertz CT molecular complexity index is 581. The van der Waals surface area contributed by atoms with E-state index in [0.29, 0.717) is 12.0 Å². The van der Waals surface area contributed by atoms with Crippen molar-refractivity contribution in [1.82, 2.24) is 0 Å². The maximum atomic E-state index is 12.7. The standard InChI is InChI=1S/C19H25NO3/c1-5-9-16(21)12-13-19(14-20,15-10-7-6-8-11-15)17(22)23-18(2,3)4/h6-8,10-11H,5,9,12-13H2,1-4H3/t19-/m0/s1. The van der Waals surface area contributed by atoms with E-state index in [1.807, 2.05) is 13.0 Å². The predicted molar refractivity (Wildman–Crippen MR) is 88.7 cm³/mol. The molecule has 0 fully saturated rings. The Hall–Kier alpha value is -2.15. The van der Waals surface area contributed by atoms with Gasteiger partial charge in [0.2, 0.25) is 0 Å². The monoisotopic (exact) mass is 315 g/mol. The van der Waals surface area contributed by atoms with Crippen LogP contribution in [0.15, 0.2) is 30.3 Å². The van der Waals surface area contributed by atoms with Crippen molar-refractivity contribution in [2.45, 2.75) is 64.4 Å². The highest BCUT2D eigenvalue weighted by Crippen LogP contribution is 2.32. The molecule has 0 saturated heterocycles. The molecule has 4 heteroatoms. The van der Waals surface area contributed by atoms with Gasteiger partial charge in [0.25, 0.3) is 0 Å². The number of benzene rings is 1. The number of nitriles is 1. The molecule has 0 spiro atoms. The Morgan fingerprint density at radius 3 is 2.22 bits per heavy atom. The summed E-state index contributed by atoms with van der Waals surface area (Å²) in [6.45, 7) is 7.22. The molecule has 0 aromatic heterocycles. The zero-order valence-electron chi connectivity index (χ0n) is 14.4. The van der Waals surface area contributed by atoms with Crippen molar-refractivity contribution >= 4 is 11.8 Å². The molecular weight excluding hydrogens is 290 g/mol. The van der Waals surface area contributed by atoms with Gasteiger partial charge in [0.1, 0.15) is 11.4 Å². The first-order chi connectivity index (χ1) is 10.7. The number of ether oxygens (including phenoxy) is 1. The third-order valence-electron chi connectivity index (χ3n) is 3.51. The minimum absolute atomic E-state index is 0.0617. The van der Waals surface area contributed by atoms with Crippen LogP contribution in [0.4, 0.5) is 0 Å². The van der Waals surface area contributed by atoms with E-state index in [2.05, 4.69) is 6.07 Å². The van der Waals surface area contributed by atoms with E-state index >= 15 is 0 Å². The second-order valence-corrected chi connectivity index (χ2v) is 6.67. The molecule has 1 atom stereocenters. The normalized spacial score (nSPS) is 13.7. The summed E-state index contributed by atoms with van der Waals surface area (Å²) in [4.78, 5) is 24.6. The van der Waals surface area contributed by atoms with E-state index in [9.17, 15) is 14.9 Å². The number of carbonyl (C=O) groups is 2. The number of nitrogens with zero attached hydrogens (tertiary/aromatic N) is 1. The van der Waals surface area contributed by atoms with Crippen molar-refractivity contribution < 1.29 is 14.3 Å². The lowest BCUT2D eigenvalue weighted by molar-refractivity contribution is -0.160. The minimum Gasteiger partial charge on any atom is -0.459 e. The van der Waals surface area contributed by atoms with Gasteiger partial charge in [0.15, 0.2) is 5.41 Å². The molecule has 23 heavy (non-hydrogen) atoms. The van der Waals surface area contributed by atoms with Gasteiger partial charge in [0, 0.05) is 12.8 Å². The molecule has 0 heterocycles. The molecule has 124 valence electrons. The minimum atomic E-state index is -1.45. The van der Waals surface area contributed by atoms with Crippen molar-refractivity contribution in [3.63, 3.8) is 0 Å². The lowest BCUT2D eigenvalue weighted by Gasteiger charge is -2.29. The van der Waals surface area contributed by atoms with Crippen LogP contribution >= 0.6 is 0 Å². The smallest absolute Gasteiger partial charge is 0.331 e. The van der Waals surface area contributed by atoms with Crippen LogP contribution in [-0.4, -0.2) is 17.4 Å². The van der Waals surface area contributed by atoms with Crippen molar-refractivity contribution in [1.29, 1.82) is 5.26 Å². The van der Waals surface area contributed by atoms with Crippen LogP contribution in [-0.2, 0) is 19.7 Å². The van der Waals surface area contributed by atoms with Gasteiger partial charge in [-0.25, -0.2) is 4.79 Å². The Kier molecular flexibility index (Phi) is 6.50. The van der Waals surface area contributed by atoms with Crippen molar-refractivity contribution in [2.24, 2.45) is 0 Å². The van der Waals surface area contributed by atoms with E-state index in [-0.39, 0.29) is 18.6 Å².